The van der Waals surface area contributed by atoms with E-state index in [4.69, 9.17) is 0 Å². The summed E-state index contributed by atoms with van der Waals surface area (Å²) in [5.41, 5.74) is 0. The molecule has 0 aromatic rings. The first-order valence-corrected chi connectivity index (χ1v) is 3.50. The summed E-state index contributed by atoms with van der Waals surface area (Å²) in [5.74, 6) is 0. The maximum atomic E-state index is 12.4. The first kappa shape index (κ1) is 8.86. The molecule has 0 bridgehead atoms. The second kappa shape index (κ2) is 4.71. The van der Waals surface area contributed by atoms with E-state index in [2.05, 4.69) is 0 Å². The molecule has 0 aliphatic heterocycles. The van der Waals surface area contributed by atoms with Crippen molar-refractivity contribution in [2.45, 2.75) is 45.5 Å². The zero-order valence-electron chi connectivity index (χ0n) is 6.03. The van der Waals surface area contributed by atoms with Crippen molar-refractivity contribution in [3.05, 3.63) is 0 Å². The summed E-state index contributed by atoms with van der Waals surface area (Å²) in [6.07, 6.45) is -1.11. The van der Waals surface area contributed by atoms with Gasteiger partial charge in [0.2, 0.25) is 0 Å². The Morgan fingerprint density at radius 3 is 2.00 bits per heavy atom. The highest BCUT2D eigenvalue weighted by atomic mass is 19.2. The fraction of sp³-hybridized carbons (Fsp3) is 1.00. The van der Waals surface area contributed by atoms with Crippen LogP contribution in [-0.4, -0.2) is 12.3 Å². The van der Waals surface area contributed by atoms with Crippen LogP contribution in [0, 0.1) is 0 Å². The standard InChI is InChI=1S/C7H14F2/c1-3-5-7(9)6(8)4-2/h6-7H,3-5H2,1-2H3. The number of alkyl halides is 2. The van der Waals surface area contributed by atoms with Crippen molar-refractivity contribution in [3.63, 3.8) is 0 Å². The van der Waals surface area contributed by atoms with E-state index in [9.17, 15) is 8.78 Å². The normalized spacial score (nSPS) is 17.3. The minimum absolute atomic E-state index is 0.293. The van der Waals surface area contributed by atoms with Gasteiger partial charge in [0, 0.05) is 0 Å². The van der Waals surface area contributed by atoms with Gasteiger partial charge in [0.25, 0.3) is 0 Å². The highest BCUT2D eigenvalue weighted by molar-refractivity contribution is 4.64. The molecule has 0 spiro atoms. The average Bonchev–Trinajstić information content (AvgIpc) is 1.87. The zero-order chi connectivity index (χ0) is 7.28. The smallest absolute Gasteiger partial charge is 0.131 e. The molecule has 0 heterocycles. The van der Waals surface area contributed by atoms with Crippen LogP contribution in [0.3, 0.4) is 0 Å². The molecule has 0 aliphatic carbocycles. The SMILES string of the molecule is CCCC(F)C(F)CC. The number of rotatable bonds is 4. The predicted molar refractivity (Wildman–Crippen MR) is 35.0 cm³/mol. The van der Waals surface area contributed by atoms with Gasteiger partial charge in [0.05, 0.1) is 0 Å². The molecule has 0 aliphatic rings. The van der Waals surface area contributed by atoms with Gasteiger partial charge in [-0.25, -0.2) is 8.78 Å². The fourth-order valence-corrected chi connectivity index (χ4v) is 0.712. The third-order valence-electron chi connectivity index (χ3n) is 1.35. The van der Waals surface area contributed by atoms with Crippen LogP contribution in [0.25, 0.3) is 0 Å². The Labute approximate surface area is 55.3 Å². The van der Waals surface area contributed by atoms with Gasteiger partial charge in [-0.3, -0.25) is 0 Å². The first-order valence-electron chi connectivity index (χ1n) is 3.50. The van der Waals surface area contributed by atoms with E-state index in [1.807, 2.05) is 6.92 Å². The van der Waals surface area contributed by atoms with Crippen molar-refractivity contribution in [2.75, 3.05) is 0 Å². The summed E-state index contributed by atoms with van der Waals surface area (Å²) in [6, 6.07) is 0. The predicted octanol–water partition coefficient (Wildman–Crippen LogP) is 2.87. The van der Waals surface area contributed by atoms with Crippen molar-refractivity contribution >= 4 is 0 Å². The van der Waals surface area contributed by atoms with Gasteiger partial charge >= 0.3 is 0 Å². The number of hydrogen-bond acceptors (Lipinski definition) is 0. The lowest BCUT2D eigenvalue weighted by Gasteiger charge is -2.08. The summed E-state index contributed by atoms with van der Waals surface area (Å²) in [4.78, 5) is 0. The fourth-order valence-electron chi connectivity index (χ4n) is 0.712. The van der Waals surface area contributed by atoms with Gasteiger partial charge in [0.15, 0.2) is 0 Å². The molecule has 0 saturated heterocycles. The Morgan fingerprint density at radius 2 is 1.67 bits per heavy atom. The van der Waals surface area contributed by atoms with Crippen LogP contribution >= 0.6 is 0 Å². The van der Waals surface area contributed by atoms with Crippen molar-refractivity contribution in [1.29, 1.82) is 0 Å². The van der Waals surface area contributed by atoms with Crippen LogP contribution in [0.4, 0.5) is 8.78 Å². The van der Waals surface area contributed by atoms with Crippen molar-refractivity contribution in [2.24, 2.45) is 0 Å². The summed E-state index contributed by atoms with van der Waals surface area (Å²) in [7, 11) is 0. The maximum Gasteiger partial charge on any atom is 0.131 e. The third-order valence-corrected chi connectivity index (χ3v) is 1.35. The summed E-state index contributed by atoms with van der Waals surface area (Å²) in [5, 5.41) is 0. The van der Waals surface area contributed by atoms with Crippen molar-refractivity contribution in [1.82, 2.24) is 0 Å². The molecule has 0 N–H and O–H groups in total. The number of hydrogen-bond donors (Lipinski definition) is 0. The molecular formula is C7H14F2. The molecule has 0 rings (SSSR count). The Morgan fingerprint density at radius 1 is 1.11 bits per heavy atom. The van der Waals surface area contributed by atoms with E-state index in [1.54, 1.807) is 6.92 Å². The van der Waals surface area contributed by atoms with Crippen molar-refractivity contribution in [3.8, 4) is 0 Å². The maximum absolute atomic E-state index is 12.4. The van der Waals surface area contributed by atoms with E-state index in [0.29, 0.717) is 12.8 Å². The van der Waals surface area contributed by atoms with Gasteiger partial charge in [0.1, 0.15) is 12.3 Å². The van der Waals surface area contributed by atoms with Crippen LogP contribution in [-0.2, 0) is 0 Å². The molecule has 56 valence electrons. The average molecular weight is 136 g/mol. The van der Waals surface area contributed by atoms with E-state index in [0.717, 1.165) is 6.42 Å². The van der Waals surface area contributed by atoms with Crippen LogP contribution in [0.5, 0.6) is 0 Å². The molecule has 2 heteroatoms. The third kappa shape index (κ3) is 3.44. The zero-order valence-corrected chi connectivity index (χ0v) is 6.03. The lowest BCUT2D eigenvalue weighted by Crippen LogP contribution is -2.15. The van der Waals surface area contributed by atoms with Gasteiger partial charge in [-0.15, -0.1) is 0 Å². The molecule has 9 heavy (non-hydrogen) atoms. The summed E-state index contributed by atoms with van der Waals surface area (Å²) < 4.78 is 24.8. The molecule has 0 aromatic carbocycles. The summed E-state index contributed by atoms with van der Waals surface area (Å²) >= 11 is 0. The van der Waals surface area contributed by atoms with Gasteiger partial charge in [-0.2, -0.15) is 0 Å². The van der Waals surface area contributed by atoms with Crippen LogP contribution in [0.2, 0.25) is 0 Å². The lowest BCUT2D eigenvalue weighted by molar-refractivity contribution is 0.153. The minimum Gasteiger partial charge on any atom is -0.244 e. The molecule has 0 radical (unpaired) electrons. The quantitative estimate of drug-likeness (QED) is 0.557. The summed E-state index contributed by atoms with van der Waals surface area (Å²) in [6.45, 7) is 3.52. The van der Waals surface area contributed by atoms with Crippen LogP contribution in [0.15, 0.2) is 0 Å². The van der Waals surface area contributed by atoms with Gasteiger partial charge in [-0.05, 0) is 12.8 Å². The topological polar surface area (TPSA) is 0 Å². The highest BCUT2D eigenvalue weighted by Crippen LogP contribution is 2.12. The van der Waals surface area contributed by atoms with Crippen LogP contribution < -0.4 is 0 Å². The Balaban J connectivity index is 3.32. The molecule has 0 amide bonds. The number of halogens is 2. The minimum atomic E-state index is -1.25. The Bertz CT molecular complexity index is 63.9. The van der Waals surface area contributed by atoms with E-state index in [1.165, 1.54) is 0 Å². The van der Waals surface area contributed by atoms with Crippen LogP contribution in [0.1, 0.15) is 33.1 Å². The molecule has 0 fully saturated rings. The molecule has 2 atom stereocenters. The second-order valence-electron chi connectivity index (χ2n) is 2.23. The van der Waals surface area contributed by atoms with Gasteiger partial charge < -0.3 is 0 Å². The lowest BCUT2D eigenvalue weighted by atomic mass is 10.1. The molecular weight excluding hydrogens is 122 g/mol. The monoisotopic (exact) mass is 136 g/mol. The highest BCUT2D eigenvalue weighted by Gasteiger charge is 2.16. The van der Waals surface area contributed by atoms with Crippen molar-refractivity contribution < 1.29 is 8.78 Å². The van der Waals surface area contributed by atoms with E-state index in [-0.39, 0.29) is 0 Å². The molecule has 0 saturated carbocycles. The Kier molecular flexibility index (Phi) is 4.64. The Hall–Kier alpha value is -0.140. The molecule has 2 unspecified atom stereocenters. The van der Waals surface area contributed by atoms with E-state index >= 15 is 0 Å². The van der Waals surface area contributed by atoms with Gasteiger partial charge in [-0.1, -0.05) is 20.3 Å². The molecule has 0 nitrogen and oxygen atoms in total. The second-order valence-corrected chi connectivity index (χ2v) is 2.23. The molecule has 0 aromatic heterocycles. The van der Waals surface area contributed by atoms with E-state index < -0.39 is 12.3 Å². The largest absolute Gasteiger partial charge is 0.244 e. The first-order chi connectivity index (χ1) is 4.22.